The molecule has 0 radical (unpaired) electrons. The average Bonchev–Trinajstić information content (AvgIpc) is 2.14. The molecule has 0 bridgehead atoms. The smallest absolute Gasteiger partial charge is 0.141 e. The number of aromatic nitrogens is 1. The van der Waals surface area contributed by atoms with Crippen LogP contribution in [0.2, 0.25) is 0 Å². The second-order valence-electron chi connectivity index (χ2n) is 2.56. The lowest BCUT2D eigenvalue weighted by molar-refractivity contribution is 0.554. The summed E-state index contributed by atoms with van der Waals surface area (Å²) < 4.78 is 12.7. The normalized spacial score (nSPS) is 12.1. The van der Waals surface area contributed by atoms with E-state index in [0.29, 0.717) is 12.0 Å². The van der Waals surface area contributed by atoms with Gasteiger partial charge in [0.05, 0.1) is 12.2 Å². The number of nitrogens with zero attached hydrogens (tertiary/aromatic N) is 1. The lowest BCUT2D eigenvalue weighted by Gasteiger charge is -2.12. The van der Waals surface area contributed by atoms with Gasteiger partial charge in [-0.3, -0.25) is 16.3 Å². The number of terminal acetylenes is 1. The Morgan fingerprint density at radius 1 is 1.69 bits per heavy atom. The van der Waals surface area contributed by atoms with Crippen molar-refractivity contribution >= 4 is 0 Å². The van der Waals surface area contributed by atoms with Gasteiger partial charge < -0.3 is 0 Å². The minimum atomic E-state index is -0.394. The van der Waals surface area contributed by atoms with Gasteiger partial charge in [0.15, 0.2) is 0 Å². The monoisotopic (exact) mass is 179 g/mol. The van der Waals surface area contributed by atoms with Crippen LogP contribution in [0.15, 0.2) is 18.5 Å². The Morgan fingerprint density at radius 3 is 3.00 bits per heavy atom. The second-order valence-corrected chi connectivity index (χ2v) is 2.56. The van der Waals surface area contributed by atoms with Crippen LogP contribution in [0.4, 0.5) is 4.39 Å². The third-order valence-corrected chi connectivity index (χ3v) is 1.65. The molecule has 1 aromatic heterocycles. The quantitative estimate of drug-likeness (QED) is 0.409. The van der Waals surface area contributed by atoms with Gasteiger partial charge in [-0.15, -0.1) is 12.3 Å². The van der Waals surface area contributed by atoms with Crippen molar-refractivity contribution in [3.63, 3.8) is 0 Å². The van der Waals surface area contributed by atoms with Crippen molar-refractivity contribution in [3.8, 4) is 12.3 Å². The van der Waals surface area contributed by atoms with Crippen LogP contribution in [0, 0.1) is 18.2 Å². The van der Waals surface area contributed by atoms with Crippen LogP contribution >= 0.6 is 0 Å². The Labute approximate surface area is 76.1 Å². The van der Waals surface area contributed by atoms with Crippen LogP contribution in [0.5, 0.6) is 0 Å². The average molecular weight is 179 g/mol. The molecule has 0 amide bonds. The molecule has 0 aromatic carbocycles. The molecule has 3 N–H and O–H groups in total. The lowest BCUT2D eigenvalue weighted by Crippen LogP contribution is -2.27. The first kappa shape index (κ1) is 9.65. The summed E-state index contributed by atoms with van der Waals surface area (Å²) >= 11 is 0. The number of hydrogen-bond donors (Lipinski definition) is 2. The molecule has 0 aliphatic carbocycles. The van der Waals surface area contributed by atoms with Gasteiger partial charge in [-0.2, -0.15) is 0 Å². The van der Waals surface area contributed by atoms with Gasteiger partial charge in [-0.25, -0.2) is 4.39 Å². The van der Waals surface area contributed by atoms with E-state index in [1.54, 1.807) is 0 Å². The van der Waals surface area contributed by atoms with Crippen LogP contribution in [-0.4, -0.2) is 4.98 Å². The van der Waals surface area contributed by atoms with Crippen LogP contribution in [0.3, 0.4) is 0 Å². The lowest BCUT2D eigenvalue weighted by atomic mass is 10.1. The van der Waals surface area contributed by atoms with Crippen LogP contribution in [0.25, 0.3) is 0 Å². The van der Waals surface area contributed by atoms with Gasteiger partial charge in [0, 0.05) is 12.6 Å². The zero-order valence-corrected chi connectivity index (χ0v) is 7.00. The maximum absolute atomic E-state index is 12.7. The number of pyridine rings is 1. The summed E-state index contributed by atoms with van der Waals surface area (Å²) in [6, 6.07) is 1.11. The van der Waals surface area contributed by atoms with Gasteiger partial charge in [-0.05, 0) is 11.6 Å². The molecule has 1 aromatic rings. The molecular weight excluding hydrogens is 169 g/mol. The molecule has 0 fully saturated rings. The third-order valence-electron chi connectivity index (χ3n) is 1.65. The van der Waals surface area contributed by atoms with Crippen molar-refractivity contribution in [2.75, 3.05) is 0 Å². The highest BCUT2D eigenvalue weighted by atomic mass is 19.1. The number of rotatable bonds is 3. The van der Waals surface area contributed by atoms with Gasteiger partial charge in [-0.1, -0.05) is 0 Å². The maximum Gasteiger partial charge on any atom is 0.141 e. The van der Waals surface area contributed by atoms with E-state index in [1.807, 2.05) is 0 Å². The van der Waals surface area contributed by atoms with Crippen molar-refractivity contribution in [2.45, 2.75) is 12.5 Å². The molecule has 4 heteroatoms. The van der Waals surface area contributed by atoms with Crippen LogP contribution < -0.4 is 11.3 Å². The van der Waals surface area contributed by atoms with E-state index >= 15 is 0 Å². The zero-order chi connectivity index (χ0) is 9.68. The Hall–Kier alpha value is -1.44. The third kappa shape index (κ3) is 2.51. The summed E-state index contributed by atoms with van der Waals surface area (Å²) in [4.78, 5) is 3.70. The molecule has 1 rings (SSSR count). The first-order valence-electron chi connectivity index (χ1n) is 3.78. The largest absolute Gasteiger partial charge is 0.271 e. The van der Waals surface area contributed by atoms with Crippen molar-refractivity contribution in [2.24, 2.45) is 5.84 Å². The molecule has 0 saturated carbocycles. The fourth-order valence-electron chi connectivity index (χ4n) is 1.01. The van der Waals surface area contributed by atoms with E-state index in [-0.39, 0.29) is 6.04 Å². The highest BCUT2D eigenvalue weighted by Crippen LogP contribution is 2.14. The number of halogens is 1. The summed E-state index contributed by atoms with van der Waals surface area (Å²) in [5.41, 5.74) is 3.15. The zero-order valence-electron chi connectivity index (χ0n) is 7.00. The highest BCUT2D eigenvalue weighted by Gasteiger charge is 2.08. The predicted octanol–water partition coefficient (Wildman–Crippen LogP) is 0.748. The molecule has 0 saturated heterocycles. The molecule has 13 heavy (non-hydrogen) atoms. The first-order chi connectivity index (χ1) is 6.27. The maximum atomic E-state index is 12.7. The second kappa shape index (κ2) is 4.55. The van der Waals surface area contributed by atoms with Crippen LogP contribution in [0.1, 0.15) is 18.0 Å². The molecule has 1 atom stereocenters. The van der Waals surface area contributed by atoms with Gasteiger partial charge in [0.25, 0.3) is 0 Å². The van der Waals surface area contributed by atoms with Gasteiger partial charge >= 0.3 is 0 Å². The highest BCUT2D eigenvalue weighted by molar-refractivity contribution is 5.16. The van der Waals surface area contributed by atoms with E-state index in [4.69, 9.17) is 12.3 Å². The molecule has 0 aliphatic heterocycles. The number of nitrogens with two attached hydrogens (primary N) is 1. The summed E-state index contributed by atoms with van der Waals surface area (Å²) in [5, 5.41) is 0. The summed E-state index contributed by atoms with van der Waals surface area (Å²) in [6.07, 6.45) is 8.19. The first-order valence-corrected chi connectivity index (χ1v) is 3.78. The van der Waals surface area contributed by atoms with E-state index in [0.717, 1.165) is 6.20 Å². The molecule has 0 aliphatic rings. The molecule has 68 valence electrons. The minimum absolute atomic E-state index is 0.242. The Bertz CT molecular complexity index is 319. The van der Waals surface area contributed by atoms with E-state index in [2.05, 4.69) is 16.3 Å². The van der Waals surface area contributed by atoms with E-state index in [9.17, 15) is 4.39 Å². The predicted molar refractivity (Wildman–Crippen MR) is 47.7 cm³/mol. The molecule has 1 unspecified atom stereocenters. The standard InChI is InChI=1S/C9H10FN3/c1-2-3-9(13-11)7-4-8(10)6-12-5-7/h1,4-6,9,13H,3,11H2. The van der Waals surface area contributed by atoms with Crippen molar-refractivity contribution in [3.05, 3.63) is 29.8 Å². The summed E-state index contributed by atoms with van der Waals surface area (Å²) in [6.45, 7) is 0. The van der Waals surface area contributed by atoms with Gasteiger partial charge in [0.2, 0.25) is 0 Å². The SMILES string of the molecule is C#CCC(NN)c1cncc(F)c1. The molecular formula is C9H10FN3. The number of nitrogens with one attached hydrogen (secondary N) is 1. The number of hydrogen-bond acceptors (Lipinski definition) is 3. The van der Waals surface area contributed by atoms with E-state index in [1.165, 1.54) is 12.3 Å². The summed E-state index contributed by atoms with van der Waals surface area (Å²) in [5.74, 6) is 7.30. The number of hydrazine groups is 1. The summed E-state index contributed by atoms with van der Waals surface area (Å²) in [7, 11) is 0. The van der Waals surface area contributed by atoms with Crippen molar-refractivity contribution in [1.82, 2.24) is 10.4 Å². The molecule has 3 nitrogen and oxygen atoms in total. The Balaban J connectivity index is 2.86. The molecule has 0 spiro atoms. The fraction of sp³-hybridized carbons (Fsp3) is 0.222. The topological polar surface area (TPSA) is 50.9 Å². The van der Waals surface area contributed by atoms with Crippen molar-refractivity contribution in [1.29, 1.82) is 0 Å². The fourth-order valence-corrected chi connectivity index (χ4v) is 1.01. The Morgan fingerprint density at radius 2 is 2.46 bits per heavy atom. The van der Waals surface area contributed by atoms with Crippen molar-refractivity contribution < 1.29 is 4.39 Å². The van der Waals surface area contributed by atoms with Crippen LogP contribution in [-0.2, 0) is 0 Å². The van der Waals surface area contributed by atoms with Gasteiger partial charge in [0.1, 0.15) is 5.82 Å². The molecule has 1 heterocycles. The van der Waals surface area contributed by atoms with E-state index < -0.39 is 5.82 Å². The minimum Gasteiger partial charge on any atom is -0.271 e. The Kier molecular flexibility index (Phi) is 3.38.